The van der Waals surface area contributed by atoms with Gasteiger partial charge in [-0.1, -0.05) is 35.9 Å². The predicted molar refractivity (Wildman–Crippen MR) is 77.8 cm³/mol. The fraction of sp³-hybridized carbons (Fsp3) is 0.333. The lowest BCUT2D eigenvalue weighted by Crippen LogP contribution is -2.55. The zero-order chi connectivity index (χ0) is 15.1. The number of hydrogen-bond donors (Lipinski definition) is 1. The Morgan fingerprint density at radius 3 is 2.43 bits per heavy atom. The number of Topliss-reactive ketones (excluding diaryl/α,β-unsaturated/α-hetero) is 2. The molecule has 0 amide bonds. The SMILES string of the molecule is C[C@@H]1CN(C2=C(Cl)C(=O)c3ccccc3C2=O)N[C@H](C)O1. The van der Waals surface area contributed by atoms with E-state index >= 15 is 0 Å². The lowest BCUT2D eigenvalue weighted by Gasteiger charge is -2.39. The average molecular weight is 307 g/mol. The second-order valence-electron chi connectivity index (χ2n) is 5.20. The Hall–Kier alpha value is -1.69. The van der Waals surface area contributed by atoms with Gasteiger partial charge in [0.25, 0.3) is 0 Å². The molecule has 1 heterocycles. The maximum atomic E-state index is 12.7. The van der Waals surface area contributed by atoms with Crippen LogP contribution >= 0.6 is 11.6 Å². The number of benzene rings is 1. The van der Waals surface area contributed by atoms with E-state index in [9.17, 15) is 9.59 Å². The molecule has 3 rings (SSSR count). The van der Waals surface area contributed by atoms with E-state index < -0.39 is 0 Å². The van der Waals surface area contributed by atoms with E-state index in [1.165, 1.54) is 0 Å². The summed E-state index contributed by atoms with van der Waals surface area (Å²) in [5, 5.41) is 1.57. The summed E-state index contributed by atoms with van der Waals surface area (Å²) in [4.78, 5) is 25.0. The normalized spacial score (nSPS) is 26.1. The van der Waals surface area contributed by atoms with E-state index in [1.54, 1.807) is 29.3 Å². The number of allylic oxidation sites excluding steroid dienone is 2. The Labute approximate surface area is 127 Å². The molecule has 21 heavy (non-hydrogen) atoms. The molecule has 1 aliphatic heterocycles. The third kappa shape index (κ3) is 2.37. The largest absolute Gasteiger partial charge is 0.357 e. The molecule has 1 aliphatic carbocycles. The zero-order valence-corrected chi connectivity index (χ0v) is 12.5. The molecule has 0 radical (unpaired) electrons. The maximum absolute atomic E-state index is 12.7. The summed E-state index contributed by atoms with van der Waals surface area (Å²) in [6.07, 6.45) is -0.330. The molecular weight excluding hydrogens is 292 g/mol. The first-order chi connectivity index (χ1) is 9.99. The summed E-state index contributed by atoms with van der Waals surface area (Å²) < 4.78 is 5.56. The molecule has 0 unspecified atom stereocenters. The standard InChI is InChI=1S/C15H15ClN2O3/c1-8-7-18(17-9(2)21-8)13-12(16)14(19)10-5-3-4-6-11(10)15(13)20/h3-6,8-9,17H,7H2,1-2H3/t8-,9+/m1/s1. The molecule has 1 aromatic rings. The Morgan fingerprint density at radius 1 is 1.19 bits per heavy atom. The quantitative estimate of drug-likeness (QED) is 0.861. The summed E-state index contributed by atoms with van der Waals surface area (Å²) in [5.74, 6) is -0.570. The lowest BCUT2D eigenvalue weighted by molar-refractivity contribution is -0.103. The van der Waals surface area contributed by atoms with Crippen LogP contribution in [0.1, 0.15) is 34.6 Å². The van der Waals surface area contributed by atoms with Crippen LogP contribution in [0.25, 0.3) is 0 Å². The third-order valence-corrected chi connectivity index (χ3v) is 3.87. The van der Waals surface area contributed by atoms with Crippen molar-refractivity contribution in [3.63, 3.8) is 0 Å². The van der Waals surface area contributed by atoms with Gasteiger partial charge < -0.3 is 4.74 Å². The molecule has 2 aliphatic rings. The summed E-state index contributed by atoms with van der Waals surface area (Å²) in [6, 6.07) is 6.72. The number of hydrazine groups is 1. The van der Waals surface area contributed by atoms with Crippen molar-refractivity contribution in [2.45, 2.75) is 26.2 Å². The van der Waals surface area contributed by atoms with E-state index in [-0.39, 0.29) is 34.6 Å². The smallest absolute Gasteiger partial charge is 0.212 e. The van der Waals surface area contributed by atoms with Crippen molar-refractivity contribution in [3.8, 4) is 0 Å². The summed E-state index contributed by atoms with van der Waals surface area (Å²) in [6.45, 7) is 4.18. The van der Waals surface area contributed by atoms with Crippen LogP contribution in [0, 0.1) is 0 Å². The molecule has 5 nitrogen and oxygen atoms in total. The van der Waals surface area contributed by atoms with Crippen molar-refractivity contribution in [1.29, 1.82) is 0 Å². The fourth-order valence-corrected chi connectivity index (χ4v) is 2.97. The van der Waals surface area contributed by atoms with Gasteiger partial charge in [-0.05, 0) is 13.8 Å². The number of carbonyl (C=O) groups is 2. The number of hydrogen-bond acceptors (Lipinski definition) is 5. The highest BCUT2D eigenvalue weighted by molar-refractivity contribution is 6.49. The summed E-state index contributed by atoms with van der Waals surface area (Å²) in [7, 11) is 0. The molecule has 0 bridgehead atoms. The van der Waals surface area contributed by atoms with E-state index in [0.717, 1.165) is 0 Å². The van der Waals surface area contributed by atoms with Crippen molar-refractivity contribution in [1.82, 2.24) is 10.4 Å². The Balaban J connectivity index is 2.04. The first kappa shape index (κ1) is 14.3. The van der Waals surface area contributed by atoms with Crippen molar-refractivity contribution in [2.24, 2.45) is 0 Å². The van der Waals surface area contributed by atoms with Crippen LogP contribution in [-0.2, 0) is 4.74 Å². The van der Waals surface area contributed by atoms with Gasteiger partial charge in [-0.15, -0.1) is 0 Å². The van der Waals surface area contributed by atoms with Gasteiger partial charge in [-0.3, -0.25) is 14.6 Å². The highest BCUT2D eigenvalue weighted by Crippen LogP contribution is 2.30. The molecule has 1 aromatic carbocycles. The molecule has 0 aromatic heterocycles. The first-order valence-corrected chi connectivity index (χ1v) is 7.14. The van der Waals surface area contributed by atoms with Crippen LogP contribution in [0.3, 0.4) is 0 Å². The molecule has 110 valence electrons. The number of nitrogens with zero attached hydrogens (tertiary/aromatic N) is 1. The second kappa shape index (κ2) is 5.26. The highest BCUT2D eigenvalue weighted by Gasteiger charge is 2.36. The highest BCUT2D eigenvalue weighted by atomic mass is 35.5. The zero-order valence-electron chi connectivity index (χ0n) is 11.7. The summed E-state index contributed by atoms with van der Waals surface area (Å²) in [5.41, 5.74) is 3.96. The number of ether oxygens (including phenoxy) is 1. The van der Waals surface area contributed by atoms with Gasteiger partial charge in [0.1, 0.15) is 17.0 Å². The molecule has 1 saturated heterocycles. The minimum atomic E-state index is -0.324. The van der Waals surface area contributed by atoms with Gasteiger partial charge in [-0.2, -0.15) is 0 Å². The van der Waals surface area contributed by atoms with E-state index in [2.05, 4.69) is 5.43 Å². The van der Waals surface area contributed by atoms with Crippen LogP contribution < -0.4 is 5.43 Å². The van der Waals surface area contributed by atoms with Crippen LogP contribution in [0.15, 0.2) is 35.0 Å². The Morgan fingerprint density at radius 2 is 1.81 bits per heavy atom. The molecule has 0 spiro atoms. The number of fused-ring (bicyclic) bond motifs is 1. The second-order valence-corrected chi connectivity index (χ2v) is 5.57. The Kier molecular flexibility index (Phi) is 3.57. The first-order valence-electron chi connectivity index (χ1n) is 6.76. The number of rotatable bonds is 1. The van der Waals surface area contributed by atoms with E-state index in [4.69, 9.17) is 16.3 Å². The van der Waals surface area contributed by atoms with Gasteiger partial charge in [-0.25, -0.2) is 5.43 Å². The minimum absolute atomic E-state index is 0.0486. The maximum Gasteiger partial charge on any atom is 0.212 e. The van der Waals surface area contributed by atoms with Crippen LogP contribution in [0.4, 0.5) is 0 Å². The van der Waals surface area contributed by atoms with Gasteiger partial charge in [0.05, 0.1) is 12.6 Å². The molecule has 1 fully saturated rings. The number of nitrogens with one attached hydrogen (secondary N) is 1. The van der Waals surface area contributed by atoms with E-state index in [0.29, 0.717) is 17.7 Å². The van der Waals surface area contributed by atoms with Crippen LogP contribution in [0.5, 0.6) is 0 Å². The van der Waals surface area contributed by atoms with Gasteiger partial charge in [0.2, 0.25) is 11.6 Å². The summed E-state index contributed by atoms with van der Waals surface area (Å²) >= 11 is 6.17. The third-order valence-electron chi connectivity index (χ3n) is 3.52. The number of ketones is 2. The fourth-order valence-electron chi connectivity index (χ4n) is 2.68. The van der Waals surface area contributed by atoms with Crippen LogP contribution in [-0.4, -0.2) is 35.5 Å². The van der Waals surface area contributed by atoms with Crippen LogP contribution in [0.2, 0.25) is 0 Å². The van der Waals surface area contributed by atoms with E-state index in [1.807, 2.05) is 13.8 Å². The van der Waals surface area contributed by atoms with Gasteiger partial charge in [0.15, 0.2) is 0 Å². The van der Waals surface area contributed by atoms with Crippen molar-refractivity contribution >= 4 is 23.2 Å². The number of halogens is 1. The van der Waals surface area contributed by atoms with Crippen molar-refractivity contribution in [2.75, 3.05) is 6.54 Å². The topological polar surface area (TPSA) is 58.6 Å². The Bertz CT molecular complexity index is 646. The molecule has 2 atom stereocenters. The average Bonchev–Trinajstić information content (AvgIpc) is 2.44. The van der Waals surface area contributed by atoms with Gasteiger partial charge >= 0.3 is 0 Å². The minimum Gasteiger partial charge on any atom is -0.357 e. The predicted octanol–water partition coefficient (Wildman–Crippen LogP) is 2.09. The monoisotopic (exact) mass is 306 g/mol. The van der Waals surface area contributed by atoms with Crippen molar-refractivity contribution < 1.29 is 14.3 Å². The number of carbonyl (C=O) groups excluding carboxylic acids is 2. The van der Waals surface area contributed by atoms with Gasteiger partial charge in [0, 0.05) is 11.1 Å². The molecule has 6 heteroatoms. The lowest BCUT2D eigenvalue weighted by atomic mass is 9.92. The molecule has 1 N–H and O–H groups in total. The molecular formula is C15H15ClN2O3. The molecule has 0 saturated carbocycles. The van der Waals surface area contributed by atoms with Crippen molar-refractivity contribution in [3.05, 3.63) is 46.1 Å².